The molecule has 1 heterocycles. The first-order valence-corrected chi connectivity index (χ1v) is 7.36. The average molecular weight is 286 g/mol. The molecule has 1 aliphatic rings. The van der Waals surface area contributed by atoms with Crippen LogP contribution in [-0.2, 0) is 6.54 Å². The van der Waals surface area contributed by atoms with Gasteiger partial charge in [0.15, 0.2) is 0 Å². The third kappa shape index (κ3) is 3.12. The smallest absolute Gasteiger partial charge is 0.102 e. The molecule has 1 atom stereocenters. The fraction of sp³-hybridized carbons (Fsp3) is 0.786. The Morgan fingerprint density at radius 1 is 1.47 bits per heavy atom. The minimum absolute atomic E-state index is 0.0560. The number of halogens is 1. The standard InChI is InChI=1S/C14H24ClN3O/c1-14(6-4-5-7-14)13(19)12-11(15)10-16-18(12)9-8-17(2)3/h10,13,19H,4-9H2,1-3H3. The number of likely N-dealkylation sites (N-methyl/N-ethyl adjacent to an activating group) is 1. The van der Waals surface area contributed by atoms with E-state index in [-0.39, 0.29) is 5.41 Å². The molecule has 2 rings (SSSR count). The van der Waals surface area contributed by atoms with E-state index >= 15 is 0 Å². The molecule has 1 N–H and O–H groups in total. The highest BCUT2D eigenvalue weighted by atomic mass is 35.5. The van der Waals surface area contributed by atoms with E-state index in [1.165, 1.54) is 12.8 Å². The van der Waals surface area contributed by atoms with Crippen LogP contribution >= 0.6 is 11.6 Å². The summed E-state index contributed by atoms with van der Waals surface area (Å²) in [7, 11) is 4.05. The Hall–Kier alpha value is -0.580. The van der Waals surface area contributed by atoms with E-state index in [0.29, 0.717) is 5.02 Å². The summed E-state index contributed by atoms with van der Waals surface area (Å²) in [5, 5.41) is 15.6. The van der Waals surface area contributed by atoms with Crippen molar-refractivity contribution in [2.75, 3.05) is 20.6 Å². The number of rotatable bonds is 5. The third-order valence-electron chi connectivity index (χ3n) is 4.26. The number of aliphatic hydroxyl groups excluding tert-OH is 1. The van der Waals surface area contributed by atoms with Crippen LogP contribution in [0.5, 0.6) is 0 Å². The van der Waals surface area contributed by atoms with Crippen molar-refractivity contribution in [3.8, 4) is 0 Å². The summed E-state index contributed by atoms with van der Waals surface area (Å²) in [5.41, 5.74) is 0.729. The van der Waals surface area contributed by atoms with Gasteiger partial charge in [-0.05, 0) is 32.4 Å². The molecular weight excluding hydrogens is 262 g/mol. The van der Waals surface area contributed by atoms with Gasteiger partial charge in [0.1, 0.15) is 6.10 Å². The van der Waals surface area contributed by atoms with Crippen LogP contribution in [0.4, 0.5) is 0 Å². The summed E-state index contributed by atoms with van der Waals surface area (Å²) in [4.78, 5) is 2.10. The van der Waals surface area contributed by atoms with E-state index in [9.17, 15) is 5.11 Å². The Morgan fingerprint density at radius 2 is 2.11 bits per heavy atom. The van der Waals surface area contributed by atoms with Crippen molar-refractivity contribution in [1.29, 1.82) is 0 Å². The van der Waals surface area contributed by atoms with Crippen molar-refractivity contribution in [2.45, 2.75) is 45.3 Å². The molecule has 108 valence electrons. The molecule has 1 aromatic rings. The molecule has 0 bridgehead atoms. The quantitative estimate of drug-likeness (QED) is 0.904. The van der Waals surface area contributed by atoms with Crippen molar-refractivity contribution >= 4 is 11.6 Å². The average Bonchev–Trinajstić information content (AvgIpc) is 2.93. The van der Waals surface area contributed by atoms with Crippen LogP contribution in [0.3, 0.4) is 0 Å². The third-order valence-corrected chi connectivity index (χ3v) is 4.55. The lowest BCUT2D eigenvalue weighted by atomic mass is 9.81. The van der Waals surface area contributed by atoms with Crippen LogP contribution in [-0.4, -0.2) is 40.4 Å². The number of hydrogen-bond acceptors (Lipinski definition) is 3. The zero-order valence-electron chi connectivity index (χ0n) is 12.1. The highest BCUT2D eigenvalue weighted by molar-refractivity contribution is 6.31. The molecule has 0 aromatic carbocycles. The molecular formula is C14H24ClN3O. The first kappa shape index (κ1) is 14.8. The first-order valence-electron chi connectivity index (χ1n) is 6.98. The SMILES string of the molecule is CN(C)CCn1ncc(Cl)c1C(O)C1(C)CCCC1. The minimum atomic E-state index is -0.521. The summed E-state index contributed by atoms with van der Waals surface area (Å²) < 4.78 is 1.86. The Balaban J connectivity index is 2.20. The van der Waals surface area contributed by atoms with Gasteiger partial charge in [-0.3, -0.25) is 4.68 Å². The summed E-state index contributed by atoms with van der Waals surface area (Å²) in [6.07, 6.45) is 5.63. The molecule has 5 heteroatoms. The van der Waals surface area contributed by atoms with E-state index in [4.69, 9.17) is 11.6 Å². The second-order valence-corrected chi connectivity index (χ2v) is 6.58. The second-order valence-electron chi connectivity index (χ2n) is 6.17. The van der Waals surface area contributed by atoms with E-state index in [1.807, 2.05) is 18.8 Å². The fourth-order valence-corrected chi connectivity index (χ4v) is 3.15. The lowest BCUT2D eigenvalue weighted by Crippen LogP contribution is -2.27. The van der Waals surface area contributed by atoms with Gasteiger partial charge in [-0.25, -0.2) is 0 Å². The Bertz CT molecular complexity index is 424. The van der Waals surface area contributed by atoms with E-state index in [2.05, 4.69) is 16.9 Å². The number of nitrogens with zero attached hydrogens (tertiary/aromatic N) is 3. The fourth-order valence-electron chi connectivity index (χ4n) is 2.90. The normalized spacial score (nSPS) is 20.1. The van der Waals surface area contributed by atoms with Crippen molar-refractivity contribution in [1.82, 2.24) is 14.7 Å². The Labute approximate surface area is 120 Å². The minimum Gasteiger partial charge on any atom is -0.386 e. The monoisotopic (exact) mass is 285 g/mol. The van der Waals surface area contributed by atoms with Crippen LogP contribution in [0.2, 0.25) is 5.02 Å². The van der Waals surface area contributed by atoms with E-state index in [0.717, 1.165) is 31.6 Å². The van der Waals surface area contributed by atoms with Crippen molar-refractivity contribution in [3.63, 3.8) is 0 Å². The topological polar surface area (TPSA) is 41.3 Å². The molecule has 1 aromatic heterocycles. The molecule has 4 nitrogen and oxygen atoms in total. The molecule has 0 amide bonds. The molecule has 1 aliphatic carbocycles. The van der Waals surface area contributed by atoms with Gasteiger partial charge in [0, 0.05) is 6.54 Å². The van der Waals surface area contributed by atoms with Crippen LogP contribution in [0, 0.1) is 5.41 Å². The Kier molecular flexibility index (Phi) is 4.54. The largest absolute Gasteiger partial charge is 0.386 e. The van der Waals surface area contributed by atoms with Gasteiger partial charge in [0.05, 0.1) is 23.5 Å². The van der Waals surface area contributed by atoms with Gasteiger partial charge in [-0.15, -0.1) is 0 Å². The van der Waals surface area contributed by atoms with Gasteiger partial charge < -0.3 is 10.0 Å². The molecule has 1 unspecified atom stereocenters. The summed E-state index contributed by atoms with van der Waals surface area (Å²) in [6, 6.07) is 0. The summed E-state index contributed by atoms with van der Waals surface area (Å²) >= 11 is 6.24. The molecule has 0 saturated heterocycles. The maximum atomic E-state index is 10.7. The Morgan fingerprint density at radius 3 is 2.68 bits per heavy atom. The van der Waals surface area contributed by atoms with Gasteiger partial charge >= 0.3 is 0 Å². The molecule has 0 aliphatic heterocycles. The van der Waals surface area contributed by atoms with Crippen molar-refractivity contribution < 1.29 is 5.11 Å². The molecule has 1 saturated carbocycles. The first-order chi connectivity index (χ1) is 8.94. The van der Waals surface area contributed by atoms with Gasteiger partial charge in [0.25, 0.3) is 0 Å². The molecule has 1 fully saturated rings. The van der Waals surface area contributed by atoms with Crippen LogP contribution < -0.4 is 0 Å². The van der Waals surface area contributed by atoms with Gasteiger partial charge in [-0.1, -0.05) is 31.4 Å². The lowest BCUT2D eigenvalue weighted by molar-refractivity contribution is 0.0333. The van der Waals surface area contributed by atoms with Gasteiger partial charge in [-0.2, -0.15) is 5.10 Å². The van der Waals surface area contributed by atoms with Crippen molar-refractivity contribution in [2.24, 2.45) is 5.41 Å². The van der Waals surface area contributed by atoms with Gasteiger partial charge in [0.2, 0.25) is 0 Å². The maximum absolute atomic E-state index is 10.7. The van der Waals surface area contributed by atoms with E-state index in [1.54, 1.807) is 6.20 Å². The van der Waals surface area contributed by atoms with Crippen LogP contribution in [0.1, 0.15) is 44.4 Å². The lowest BCUT2D eigenvalue weighted by Gasteiger charge is -2.30. The zero-order chi connectivity index (χ0) is 14.0. The highest BCUT2D eigenvalue weighted by Crippen LogP contribution is 2.48. The number of hydrogen-bond donors (Lipinski definition) is 1. The predicted molar refractivity (Wildman–Crippen MR) is 77.3 cm³/mol. The summed E-state index contributed by atoms with van der Waals surface area (Å²) in [5.74, 6) is 0. The van der Waals surface area contributed by atoms with E-state index < -0.39 is 6.10 Å². The predicted octanol–water partition coefficient (Wildman–Crippen LogP) is 2.71. The summed E-state index contributed by atoms with van der Waals surface area (Å²) in [6.45, 7) is 3.79. The zero-order valence-corrected chi connectivity index (χ0v) is 12.8. The second kappa shape index (κ2) is 5.81. The number of aliphatic hydroxyl groups is 1. The molecule has 19 heavy (non-hydrogen) atoms. The van der Waals surface area contributed by atoms with Crippen LogP contribution in [0.15, 0.2) is 6.20 Å². The highest BCUT2D eigenvalue weighted by Gasteiger charge is 2.39. The van der Waals surface area contributed by atoms with Crippen LogP contribution in [0.25, 0.3) is 0 Å². The molecule has 0 spiro atoms. The van der Waals surface area contributed by atoms with Crippen molar-refractivity contribution in [3.05, 3.63) is 16.9 Å². The molecule has 0 radical (unpaired) electrons. The number of aromatic nitrogens is 2. The maximum Gasteiger partial charge on any atom is 0.102 e.